The molecular weight excluding hydrogens is 153 g/mol. The molecule has 0 aliphatic carbocycles. The van der Waals surface area contributed by atoms with Crippen molar-refractivity contribution in [1.29, 1.82) is 0 Å². The summed E-state index contributed by atoms with van der Waals surface area (Å²) in [6.45, 7) is 2.71. The van der Waals surface area contributed by atoms with E-state index in [1.165, 1.54) is 10.3 Å². The predicted molar refractivity (Wildman–Crippen MR) is 40.5 cm³/mol. The van der Waals surface area contributed by atoms with Crippen molar-refractivity contribution in [3.05, 3.63) is 12.5 Å². The van der Waals surface area contributed by atoms with Gasteiger partial charge in [0.2, 0.25) is 0 Å². The van der Waals surface area contributed by atoms with E-state index in [9.17, 15) is 3.89 Å². The van der Waals surface area contributed by atoms with E-state index in [0.717, 1.165) is 6.54 Å². The first kappa shape index (κ1) is 7.40. The molecule has 1 aromatic heterocycles. The third-order valence-corrected chi connectivity index (χ3v) is 1.48. The minimum atomic E-state index is 0.134. The van der Waals surface area contributed by atoms with Crippen LogP contribution >= 0.6 is 12.3 Å². The molecule has 1 aromatic rings. The number of imidazole rings is 1. The Bertz CT molecular complexity index is 201. The Morgan fingerprint density at radius 1 is 1.90 bits per heavy atom. The molecule has 1 heterocycles. The van der Waals surface area contributed by atoms with Crippen LogP contribution in [0, 0.1) is 0 Å². The van der Waals surface area contributed by atoms with Crippen molar-refractivity contribution in [3.63, 3.8) is 0 Å². The molecule has 0 radical (unpaired) electrons. The molecule has 0 bridgehead atoms. The van der Waals surface area contributed by atoms with Crippen LogP contribution < -0.4 is 5.32 Å². The van der Waals surface area contributed by atoms with Crippen LogP contribution in [-0.2, 0) is 0 Å². The van der Waals surface area contributed by atoms with Gasteiger partial charge in [-0.1, -0.05) is 0 Å². The number of hydrogen-bond acceptors (Lipinski definition) is 3. The first-order valence-corrected chi connectivity index (χ1v) is 3.61. The number of rotatable bonds is 3. The summed E-state index contributed by atoms with van der Waals surface area (Å²) in [4.78, 5) is 3.75. The molecule has 10 heavy (non-hydrogen) atoms. The van der Waals surface area contributed by atoms with Crippen molar-refractivity contribution in [1.82, 2.24) is 8.96 Å². The minimum Gasteiger partial charge on any atom is -0.370 e. The van der Waals surface area contributed by atoms with E-state index in [2.05, 4.69) is 10.3 Å². The fourth-order valence-electron chi connectivity index (χ4n) is 0.643. The molecule has 56 valence electrons. The lowest BCUT2D eigenvalue weighted by atomic mass is 10.7. The number of hydrogen-bond donors (Lipinski definition) is 1. The Morgan fingerprint density at radius 2 is 2.70 bits per heavy atom. The van der Waals surface area contributed by atoms with Gasteiger partial charge in [0.25, 0.3) is 0 Å². The van der Waals surface area contributed by atoms with Gasteiger partial charge in [-0.2, -0.15) is 0 Å². The lowest BCUT2D eigenvalue weighted by molar-refractivity contribution is 0.914. The smallest absolute Gasteiger partial charge is 0.172 e. The highest BCUT2D eigenvalue weighted by atomic mass is 32.2. The topological polar surface area (TPSA) is 29.9 Å². The summed E-state index contributed by atoms with van der Waals surface area (Å²) >= 11 is 0.134. The molecule has 3 nitrogen and oxygen atoms in total. The molecule has 0 saturated heterocycles. The fourth-order valence-corrected chi connectivity index (χ4v) is 0.919. The van der Waals surface area contributed by atoms with Gasteiger partial charge in [-0.05, 0) is 6.92 Å². The zero-order chi connectivity index (χ0) is 7.40. The second kappa shape index (κ2) is 3.46. The van der Waals surface area contributed by atoms with Crippen molar-refractivity contribution >= 4 is 18.2 Å². The van der Waals surface area contributed by atoms with Gasteiger partial charge in [0.05, 0.1) is 6.20 Å². The van der Waals surface area contributed by atoms with Gasteiger partial charge in [0.1, 0.15) is 12.1 Å². The number of nitrogens with zero attached hydrogens (tertiary/aromatic N) is 2. The molecule has 0 unspecified atom stereocenters. The molecule has 0 aliphatic heterocycles. The average Bonchev–Trinajstić information content (AvgIpc) is 2.36. The van der Waals surface area contributed by atoms with Crippen LogP contribution in [0.2, 0.25) is 0 Å². The lowest BCUT2D eigenvalue weighted by Crippen LogP contribution is -1.99. The molecular formula is C5H8FN3S. The van der Waals surface area contributed by atoms with Crippen LogP contribution in [-0.4, -0.2) is 15.5 Å². The maximum atomic E-state index is 11.9. The molecule has 0 amide bonds. The fraction of sp³-hybridized carbons (Fsp3) is 0.400. The summed E-state index contributed by atoms with van der Waals surface area (Å²) < 4.78 is 13.3. The molecule has 1 N–H and O–H groups in total. The van der Waals surface area contributed by atoms with E-state index in [-0.39, 0.29) is 12.3 Å². The largest absolute Gasteiger partial charge is 0.370 e. The van der Waals surface area contributed by atoms with Gasteiger partial charge in [-0.25, -0.2) is 8.96 Å². The van der Waals surface area contributed by atoms with Crippen LogP contribution in [0.4, 0.5) is 9.70 Å². The Kier molecular flexibility index (Phi) is 2.56. The Balaban J connectivity index is 2.70. The second-order valence-electron chi connectivity index (χ2n) is 1.70. The molecule has 0 aliphatic rings. The standard InChI is InChI=1S/C5H8FN3S/c1-2-8-5-3-7-4-9(5)10-6/h3-4,8H,2H2,1H3. The highest BCUT2D eigenvalue weighted by molar-refractivity contribution is 7.92. The zero-order valence-corrected chi connectivity index (χ0v) is 6.36. The summed E-state index contributed by atoms with van der Waals surface area (Å²) in [7, 11) is 0. The summed E-state index contributed by atoms with van der Waals surface area (Å²) in [6, 6.07) is 0. The second-order valence-corrected chi connectivity index (χ2v) is 2.24. The van der Waals surface area contributed by atoms with Gasteiger partial charge in [0.15, 0.2) is 12.3 Å². The van der Waals surface area contributed by atoms with Crippen LogP contribution in [0.3, 0.4) is 0 Å². The van der Waals surface area contributed by atoms with E-state index >= 15 is 0 Å². The van der Waals surface area contributed by atoms with Crippen LogP contribution in [0.1, 0.15) is 6.92 Å². The van der Waals surface area contributed by atoms with Gasteiger partial charge in [-0.3, -0.25) is 0 Å². The van der Waals surface area contributed by atoms with Crippen molar-refractivity contribution in [2.75, 3.05) is 11.9 Å². The van der Waals surface area contributed by atoms with Crippen LogP contribution in [0.15, 0.2) is 12.5 Å². The normalized spacial score (nSPS) is 9.80. The van der Waals surface area contributed by atoms with Gasteiger partial charge in [0, 0.05) is 6.54 Å². The summed E-state index contributed by atoms with van der Waals surface area (Å²) in [6.07, 6.45) is 3.00. The SMILES string of the molecule is CCNc1cncn1SF. The maximum absolute atomic E-state index is 11.9. The van der Waals surface area contributed by atoms with Crippen molar-refractivity contribution in [3.8, 4) is 0 Å². The predicted octanol–water partition coefficient (Wildman–Crippen LogP) is 1.70. The Hall–Kier alpha value is -0.710. The molecule has 1 rings (SSSR count). The van der Waals surface area contributed by atoms with E-state index in [1.54, 1.807) is 6.20 Å². The molecule has 0 aromatic carbocycles. The van der Waals surface area contributed by atoms with E-state index < -0.39 is 0 Å². The Morgan fingerprint density at radius 3 is 3.30 bits per heavy atom. The zero-order valence-electron chi connectivity index (χ0n) is 5.54. The van der Waals surface area contributed by atoms with Crippen molar-refractivity contribution in [2.45, 2.75) is 6.92 Å². The van der Waals surface area contributed by atoms with E-state index in [0.29, 0.717) is 5.82 Å². The number of anilines is 1. The monoisotopic (exact) mass is 161 g/mol. The Labute approximate surface area is 63.1 Å². The lowest BCUT2D eigenvalue weighted by Gasteiger charge is -2.00. The van der Waals surface area contributed by atoms with Gasteiger partial charge in [-0.15, -0.1) is 3.89 Å². The molecule has 5 heteroatoms. The average molecular weight is 161 g/mol. The van der Waals surface area contributed by atoms with Crippen LogP contribution in [0.25, 0.3) is 0 Å². The summed E-state index contributed by atoms with van der Waals surface area (Å²) in [5, 5.41) is 2.95. The highest BCUT2D eigenvalue weighted by Gasteiger charge is 1.98. The van der Waals surface area contributed by atoms with Crippen molar-refractivity contribution < 1.29 is 3.89 Å². The van der Waals surface area contributed by atoms with Gasteiger partial charge < -0.3 is 5.32 Å². The number of halogens is 1. The summed E-state index contributed by atoms with van der Waals surface area (Å²) in [5.74, 6) is 0.690. The molecule has 0 saturated carbocycles. The van der Waals surface area contributed by atoms with Gasteiger partial charge >= 0.3 is 0 Å². The minimum absolute atomic E-state index is 0.134. The van der Waals surface area contributed by atoms with E-state index in [4.69, 9.17) is 0 Å². The number of nitrogens with one attached hydrogen (secondary N) is 1. The van der Waals surface area contributed by atoms with Crippen LogP contribution in [0.5, 0.6) is 0 Å². The number of aromatic nitrogens is 2. The van der Waals surface area contributed by atoms with Crippen molar-refractivity contribution in [2.24, 2.45) is 0 Å². The molecule has 0 atom stereocenters. The quantitative estimate of drug-likeness (QED) is 0.731. The first-order chi connectivity index (χ1) is 4.88. The molecule has 0 fully saturated rings. The third-order valence-electron chi connectivity index (χ3n) is 1.04. The third kappa shape index (κ3) is 1.41. The highest BCUT2D eigenvalue weighted by Crippen LogP contribution is 2.14. The first-order valence-electron chi connectivity index (χ1n) is 2.93. The molecule has 0 spiro atoms. The van der Waals surface area contributed by atoms with E-state index in [1.807, 2.05) is 6.92 Å². The maximum Gasteiger partial charge on any atom is 0.172 e. The summed E-state index contributed by atoms with van der Waals surface area (Å²) in [5.41, 5.74) is 0.